The second-order valence-corrected chi connectivity index (χ2v) is 4.70. The lowest BCUT2D eigenvalue weighted by atomic mass is 10.2. The van der Waals surface area contributed by atoms with Crippen molar-refractivity contribution in [2.75, 3.05) is 19.5 Å². The number of benzene rings is 2. The topological polar surface area (TPSA) is 47.6 Å². The SMILES string of the molecule is COc1ccc(NC(=O)c2cc(S)ccc2F)c(OC)c1. The van der Waals surface area contributed by atoms with E-state index in [4.69, 9.17) is 9.47 Å². The molecule has 0 unspecified atom stereocenters. The Morgan fingerprint density at radius 3 is 2.57 bits per heavy atom. The molecular formula is C15H14FNO3S. The average molecular weight is 307 g/mol. The number of nitrogens with one attached hydrogen (secondary N) is 1. The summed E-state index contributed by atoms with van der Waals surface area (Å²) in [6.07, 6.45) is 0. The van der Waals surface area contributed by atoms with Crippen molar-refractivity contribution < 1.29 is 18.7 Å². The van der Waals surface area contributed by atoms with Gasteiger partial charge in [-0.05, 0) is 30.3 Å². The third kappa shape index (κ3) is 3.46. The first kappa shape index (κ1) is 15.2. The quantitative estimate of drug-likeness (QED) is 0.851. The van der Waals surface area contributed by atoms with E-state index >= 15 is 0 Å². The third-order valence-electron chi connectivity index (χ3n) is 2.85. The zero-order chi connectivity index (χ0) is 15.4. The predicted molar refractivity (Wildman–Crippen MR) is 81.2 cm³/mol. The van der Waals surface area contributed by atoms with Gasteiger partial charge in [0.1, 0.15) is 17.3 Å². The van der Waals surface area contributed by atoms with E-state index in [1.54, 1.807) is 18.2 Å². The Balaban J connectivity index is 2.29. The molecule has 0 aliphatic carbocycles. The number of ether oxygens (including phenoxy) is 2. The van der Waals surface area contributed by atoms with E-state index in [2.05, 4.69) is 17.9 Å². The van der Waals surface area contributed by atoms with E-state index in [9.17, 15) is 9.18 Å². The van der Waals surface area contributed by atoms with Crippen LogP contribution in [0.15, 0.2) is 41.3 Å². The van der Waals surface area contributed by atoms with Gasteiger partial charge in [0.15, 0.2) is 0 Å². The van der Waals surface area contributed by atoms with Crippen molar-refractivity contribution in [3.8, 4) is 11.5 Å². The molecule has 0 saturated heterocycles. The second kappa shape index (κ2) is 6.49. The summed E-state index contributed by atoms with van der Waals surface area (Å²) in [5.41, 5.74) is 0.340. The minimum absolute atomic E-state index is 0.0830. The molecule has 1 N–H and O–H groups in total. The molecule has 0 aliphatic rings. The van der Waals surface area contributed by atoms with Crippen LogP contribution in [-0.4, -0.2) is 20.1 Å². The number of anilines is 1. The second-order valence-electron chi connectivity index (χ2n) is 4.18. The smallest absolute Gasteiger partial charge is 0.258 e. The Morgan fingerprint density at radius 1 is 1.14 bits per heavy atom. The predicted octanol–water partition coefficient (Wildman–Crippen LogP) is 3.38. The van der Waals surface area contributed by atoms with Gasteiger partial charge in [-0.1, -0.05) is 0 Å². The number of carbonyl (C=O) groups excluding carboxylic acids is 1. The minimum atomic E-state index is -0.613. The van der Waals surface area contributed by atoms with E-state index in [0.29, 0.717) is 22.1 Å². The highest BCUT2D eigenvalue weighted by Crippen LogP contribution is 2.29. The maximum atomic E-state index is 13.7. The zero-order valence-electron chi connectivity index (χ0n) is 11.5. The number of carbonyl (C=O) groups is 1. The number of hydrogen-bond acceptors (Lipinski definition) is 4. The molecule has 0 radical (unpaired) electrons. The van der Waals surface area contributed by atoms with Crippen molar-refractivity contribution in [1.82, 2.24) is 0 Å². The van der Waals surface area contributed by atoms with E-state index < -0.39 is 11.7 Å². The lowest BCUT2D eigenvalue weighted by molar-refractivity contribution is 0.102. The monoisotopic (exact) mass is 307 g/mol. The highest BCUT2D eigenvalue weighted by Gasteiger charge is 2.14. The molecule has 0 aliphatic heterocycles. The fraction of sp³-hybridized carbons (Fsp3) is 0.133. The normalized spacial score (nSPS) is 10.1. The van der Waals surface area contributed by atoms with Gasteiger partial charge >= 0.3 is 0 Å². The summed E-state index contributed by atoms with van der Waals surface area (Å²) < 4.78 is 23.9. The van der Waals surface area contributed by atoms with Gasteiger partial charge < -0.3 is 14.8 Å². The largest absolute Gasteiger partial charge is 0.497 e. The lowest BCUT2D eigenvalue weighted by Crippen LogP contribution is -2.14. The van der Waals surface area contributed by atoms with Gasteiger partial charge in [0, 0.05) is 11.0 Å². The molecule has 4 nitrogen and oxygen atoms in total. The van der Waals surface area contributed by atoms with E-state index in [-0.39, 0.29) is 5.56 Å². The Bertz CT molecular complexity index is 676. The number of thiol groups is 1. The van der Waals surface area contributed by atoms with Crippen LogP contribution in [0.4, 0.5) is 10.1 Å². The highest BCUT2D eigenvalue weighted by atomic mass is 32.1. The maximum Gasteiger partial charge on any atom is 0.258 e. The molecule has 0 spiro atoms. The van der Waals surface area contributed by atoms with Gasteiger partial charge in [-0.25, -0.2) is 4.39 Å². The molecule has 0 aromatic heterocycles. The number of rotatable bonds is 4. The molecule has 1 amide bonds. The summed E-state index contributed by atoms with van der Waals surface area (Å²) in [7, 11) is 3.00. The van der Waals surface area contributed by atoms with Crippen LogP contribution in [0.2, 0.25) is 0 Å². The van der Waals surface area contributed by atoms with Gasteiger partial charge in [-0.2, -0.15) is 0 Å². The van der Waals surface area contributed by atoms with Gasteiger partial charge in [-0.3, -0.25) is 4.79 Å². The Morgan fingerprint density at radius 2 is 1.90 bits per heavy atom. The van der Waals surface area contributed by atoms with Crippen LogP contribution in [0.5, 0.6) is 11.5 Å². The zero-order valence-corrected chi connectivity index (χ0v) is 12.4. The fourth-order valence-corrected chi connectivity index (χ4v) is 1.98. The van der Waals surface area contributed by atoms with E-state index in [1.165, 1.54) is 32.4 Å². The molecular weight excluding hydrogens is 293 g/mol. The number of halogens is 1. The Hall–Kier alpha value is -2.21. The highest BCUT2D eigenvalue weighted by molar-refractivity contribution is 7.80. The van der Waals surface area contributed by atoms with Crippen LogP contribution < -0.4 is 14.8 Å². The molecule has 0 bridgehead atoms. The van der Waals surface area contributed by atoms with Gasteiger partial charge in [0.05, 0.1) is 25.5 Å². The number of hydrogen-bond donors (Lipinski definition) is 2. The Labute approximate surface area is 127 Å². The van der Waals surface area contributed by atoms with E-state index in [0.717, 1.165) is 0 Å². The van der Waals surface area contributed by atoms with Crippen molar-refractivity contribution in [3.63, 3.8) is 0 Å². The van der Waals surface area contributed by atoms with Gasteiger partial charge in [0.2, 0.25) is 0 Å². The third-order valence-corrected chi connectivity index (χ3v) is 3.13. The van der Waals surface area contributed by atoms with Crippen molar-refractivity contribution >= 4 is 24.2 Å². The van der Waals surface area contributed by atoms with Crippen molar-refractivity contribution in [1.29, 1.82) is 0 Å². The van der Waals surface area contributed by atoms with Gasteiger partial charge in [0.25, 0.3) is 5.91 Å². The molecule has 2 aromatic carbocycles. The fourth-order valence-electron chi connectivity index (χ4n) is 1.78. The maximum absolute atomic E-state index is 13.7. The molecule has 0 saturated carbocycles. The first-order valence-electron chi connectivity index (χ1n) is 6.07. The summed E-state index contributed by atoms with van der Waals surface area (Å²) in [4.78, 5) is 12.6. The number of amides is 1. The summed E-state index contributed by atoms with van der Waals surface area (Å²) in [6, 6.07) is 8.96. The molecule has 21 heavy (non-hydrogen) atoms. The first-order chi connectivity index (χ1) is 10.0. The van der Waals surface area contributed by atoms with Crippen LogP contribution >= 0.6 is 12.6 Å². The molecule has 0 fully saturated rings. The van der Waals surface area contributed by atoms with E-state index in [1.807, 2.05) is 0 Å². The molecule has 110 valence electrons. The molecule has 0 heterocycles. The minimum Gasteiger partial charge on any atom is -0.497 e. The van der Waals surface area contributed by atoms with Crippen LogP contribution in [0.3, 0.4) is 0 Å². The summed E-state index contributed by atoms with van der Waals surface area (Å²) in [6.45, 7) is 0. The summed E-state index contributed by atoms with van der Waals surface area (Å²) in [5.74, 6) is -0.178. The van der Waals surface area contributed by atoms with Crippen molar-refractivity contribution in [3.05, 3.63) is 47.8 Å². The van der Waals surface area contributed by atoms with Crippen LogP contribution in [0.1, 0.15) is 10.4 Å². The van der Waals surface area contributed by atoms with Crippen molar-refractivity contribution in [2.24, 2.45) is 0 Å². The standard InChI is InChI=1S/C15H14FNO3S/c1-19-9-3-6-13(14(7-9)20-2)17-15(18)11-8-10(21)4-5-12(11)16/h3-8,21H,1-2H3,(H,17,18). The van der Waals surface area contributed by atoms with Crippen LogP contribution in [0, 0.1) is 5.82 Å². The average Bonchev–Trinajstić information content (AvgIpc) is 2.49. The summed E-state index contributed by atoms with van der Waals surface area (Å²) >= 11 is 4.10. The summed E-state index contributed by atoms with van der Waals surface area (Å²) in [5, 5.41) is 2.60. The van der Waals surface area contributed by atoms with Crippen molar-refractivity contribution in [2.45, 2.75) is 4.90 Å². The first-order valence-corrected chi connectivity index (χ1v) is 6.51. The molecule has 2 rings (SSSR count). The molecule has 2 aromatic rings. The molecule has 6 heteroatoms. The Kier molecular flexibility index (Phi) is 4.70. The van der Waals surface area contributed by atoms with Gasteiger partial charge in [-0.15, -0.1) is 12.6 Å². The lowest BCUT2D eigenvalue weighted by Gasteiger charge is -2.12. The van der Waals surface area contributed by atoms with Crippen LogP contribution in [0.25, 0.3) is 0 Å². The van der Waals surface area contributed by atoms with Crippen LogP contribution in [-0.2, 0) is 0 Å². The number of methoxy groups -OCH3 is 2. The molecule has 0 atom stereocenters.